The number of nitro groups is 1. The molecule has 0 aromatic heterocycles. The molecule has 98 valence electrons. The van der Waals surface area contributed by atoms with Crippen LogP contribution in [0.1, 0.15) is 47.0 Å². The first kappa shape index (κ1) is 13.9. The quantitative estimate of drug-likeness (QED) is 0.558. The summed E-state index contributed by atoms with van der Waals surface area (Å²) < 4.78 is 0. The smallest absolute Gasteiger partial charge is 0.362 e. The van der Waals surface area contributed by atoms with Crippen LogP contribution in [0.15, 0.2) is 0 Å². The monoisotopic (exact) mass is 244 g/mol. The second-order valence-corrected chi connectivity index (χ2v) is 5.73. The van der Waals surface area contributed by atoms with E-state index in [9.17, 15) is 14.9 Å². The lowest BCUT2D eigenvalue weighted by molar-refractivity contribution is -0.473. The topological polar surface area (TPSA) is 72.7 Å². The number of hydroxylamine groups is 2. The van der Waals surface area contributed by atoms with Crippen LogP contribution >= 0.6 is 0 Å². The van der Waals surface area contributed by atoms with E-state index < -0.39 is 17.4 Å². The van der Waals surface area contributed by atoms with Gasteiger partial charge in [-0.15, -0.1) is 5.06 Å². The summed E-state index contributed by atoms with van der Waals surface area (Å²) in [5.41, 5.74) is -0.567. The summed E-state index contributed by atoms with van der Waals surface area (Å²) in [7, 11) is 0. The summed E-state index contributed by atoms with van der Waals surface area (Å²) in [5, 5.41) is 11.9. The van der Waals surface area contributed by atoms with Gasteiger partial charge < -0.3 is 4.84 Å². The fourth-order valence-corrected chi connectivity index (χ4v) is 2.46. The summed E-state index contributed by atoms with van der Waals surface area (Å²) in [6.45, 7) is 7.13. The fourth-order valence-electron chi connectivity index (χ4n) is 2.46. The number of hydrogen-bond acceptors (Lipinski definition) is 5. The Kier molecular flexibility index (Phi) is 3.76. The molecule has 0 N–H and O–H groups in total. The van der Waals surface area contributed by atoms with Crippen molar-refractivity contribution in [3.05, 3.63) is 10.1 Å². The van der Waals surface area contributed by atoms with Gasteiger partial charge in [-0.2, -0.15) is 0 Å². The Morgan fingerprint density at radius 2 is 1.76 bits per heavy atom. The minimum Gasteiger partial charge on any atom is -0.362 e. The molecule has 1 rings (SSSR count). The summed E-state index contributed by atoms with van der Waals surface area (Å²) in [6, 6.07) is 0. The molecule has 1 heterocycles. The zero-order valence-corrected chi connectivity index (χ0v) is 10.9. The maximum atomic E-state index is 11.4. The van der Waals surface area contributed by atoms with Crippen molar-refractivity contribution in [2.24, 2.45) is 0 Å². The summed E-state index contributed by atoms with van der Waals surface area (Å²) >= 11 is 0. The third-order valence-electron chi connectivity index (χ3n) is 3.13. The van der Waals surface area contributed by atoms with Crippen molar-refractivity contribution in [3.8, 4) is 0 Å². The average Bonchev–Trinajstić information content (AvgIpc) is 2.09. The van der Waals surface area contributed by atoms with E-state index in [2.05, 4.69) is 0 Å². The van der Waals surface area contributed by atoms with Crippen LogP contribution in [0, 0.1) is 10.1 Å². The van der Waals surface area contributed by atoms with E-state index in [4.69, 9.17) is 4.84 Å². The Bertz CT molecular complexity index is 309. The minimum atomic E-state index is -0.807. The molecule has 0 unspecified atom stereocenters. The maximum absolute atomic E-state index is 11.4. The largest absolute Gasteiger partial charge is 0.397 e. The summed E-state index contributed by atoms with van der Waals surface area (Å²) in [4.78, 5) is 26.2. The van der Waals surface area contributed by atoms with Crippen LogP contribution in [0.3, 0.4) is 0 Å². The van der Waals surface area contributed by atoms with Crippen molar-refractivity contribution in [1.82, 2.24) is 5.06 Å². The van der Waals surface area contributed by atoms with Crippen molar-refractivity contribution in [2.45, 2.75) is 58.0 Å². The number of rotatable bonds is 3. The van der Waals surface area contributed by atoms with Gasteiger partial charge in [-0.3, -0.25) is 10.1 Å². The molecule has 17 heavy (non-hydrogen) atoms. The molecule has 1 aliphatic heterocycles. The third kappa shape index (κ3) is 3.39. The van der Waals surface area contributed by atoms with Crippen molar-refractivity contribution in [2.75, 3.05) is 6.54 Å². The van der Waals surface area contributed by atoms with Gasteiger partial charge in [0.15, 0.2) is 0 Å². The first-order chi connectivity index (χ1) is 7.65. The zero-order valence-electron chi connectivity index (χ0n) is 10.9. The van der Waals surface area contributed by atoms with Crippen molar-refractivity contribution in [3.63, 3.8) is 0 Å². The highest BCUT2D eigenvalue weighted by atomic mass is 16.7. The highest BCUT2D eigenvalue weighted by molar-refractivity contribution is 5.70. The van der Waals surface area contributed by atoms with E-state index >= 15 is 0 Å². The van der Waals surface area contributed by atoms with Crippen LogP contribution in [-0.2, 0) is 9.63 Å². The van der Waals surface area contributed by atoms with E-state index in [0.717, 1.165) is 19.3 Å². The Morgan fingerprint density at radius 1 is 1.29 bits per heavy atom. The summed E-state index contributed by atoms with van der Waals surface area (Å²) in [5.74, 6) is -0.807. The molecule has 0 spiro atoms. The predicted octanol–water partition coefficient (Wildman–Crippen LogP) is 1.76. The molecular formula is C11H20N2O4. The maximum Gasteiger partial charge on any atom is 0.397 e. The first-order valence-electron chi connectivity index (χ1n) is 5.78. The van der Waals surface area contributed by atoms with Crippen LogP contribution in [0.4, 0.5) is 0 Å². The second-order valence-electron chi connectivity index (χ2n) is 5.73. The molecule has 0 aromatic carbocycles. The van der Waals surface area contributed by atoms with Gasteiger partial charge in [0, 0.05) is 4.92 Å². The number of carbonyl (C=O) groups is 1. The van der Waals surface area contributed by atoms with E-state index in [1.165, 1.54) is 0 Å². The van der Waals surface area contributed by atoms with Crippen LogP contribution in [-0.4, -0.2) is 33.6 Å². The molecule has 1 saturated heterocycles. The molecule has 0 atom stereocenters. The van der Waals surface area contributed by atoms with Gasteiger partial charge in [-0.1, -0.05) is 0 Å². The molecule has 6 nitrogen and oxygen atoms in total. The molecule has 0 aromatic rings. The Hall–Kier alpha value is -1.17. The van der Waals surface area contributed by atoms with Gasteiger partial charge in [0.05, 0.1) is 11.1 Å². The number of carbonyl (C=O) groups excluding carboxylic acids is 1. The number of piperidine rings is 1. The molecule has 6 heteroatoms. The van der Waals surface area contributed by atoms with Crippen LogP contribution < -0.4 is 0 Å². The van der Waals surface area contributed by atoms with Gasteiger partial charge in [0.1, 0.15) is 0 Å². The Morgan fingerprint density at radius 3 is 2.18 bits per heavy atom. The van der Waals surface area contributed by atoms with E-state index in [0.29, 0.717) is 0 Å². The number of hydrogen-bond donors (Lipinski definition) is 0. The lowest BCUT2D eigenvalue weighted by Crippen LogP contribution is -2.59. The van der Waals surface area contributed by atoms with Gasteiger partial charge in [0.2, 0.25) is 0 Å². The SMILES string of the molecule is CC1(C)CCCC(C)(C)N1OC(=O)C[N+](=O)[O-]. The second kappa shape index (κ2) is 4.60. The number of nitrogens with zero attached hydrogens (tertiary/aromatic N) is 2. The van der Waals surface area contributed by atoms with Crippen LogP contribution in [0.2, 0.25) is 0 Å². The van der Waals surface area contributed by atoms with E-state index in [-0.39, 0.29) is 11.1 Å². The molecule has 1 aliphatic rings. The first-order valence-corrected chi connectivity index (χ1v) is 5.78. The molecule has 0 radical (unpaired) electrons. The molecule has 0 aliphatic carbocycles. The lowest BCUT2D eigenvalue weighted by Gasteiger charge is -2.50. The third-order valence-corrected chi connectivity index (χ3v) is 3.13. The average molecular weight is 244 g/mol. The highest BCUT2D eigenvalue weighted by Crippen LogP contribution is 2.38. The highest BCUT2D eigenvalue weighted by Gasteiger charge is 2.44. The lowest BCUT2D eigenvalue weighted by atomic mass is 9.82. The van der Waals surface area contributed by atoms with E-state index in [1.807, 2.05) is 27.7 Å². The van der Waals surface area contributed by atoms with Gasteiger partial charge >= 0.3 is 12.5 Å². The van der Waals surface area contributed by atoms with Crippen molar-refractivity contribution in [1.29, 1.82) is 0 Å². The minimum absolute atomic E-state index is 0.284. The normalized spacial score (nSPS) is 23.1. The molecular weight excluding hydrogens is 224 g/mol. The van der Waals surface area contributed by atoms with Crippen LogP contribution in [0.25, 0.3) is 0 Å². The Labute approximate surface area is 101 Å². The molecule has 0 bridgehead atoms. The van der Waals surface area contributed by atoms with Gasteiger partial charge in [-0.05, 0) is 47.0 Å². The fraction of sp³-hybridized carbons (Fsp3) is 0.909. The van der Waals surface area contributed by atoms with Gasteiger partial charge in [-0.25, -0.2) is 4.79 Å². The van der Waals surface area contributed by atoms with Crippen LogP contribution in [0.5, 0.6) is 0 Å². The van der Waals surface area contributed by atoms with Crippen molar-refractivity contribution >= 4 is 5.97 Å². The Balaban J connectivity index is 2.77. The van der Waals surface area contributed by atoms with Crippen molar-refractivity contribution < 1.29 is 14.6 Å². The van der Waals surface area contributed by atoms with E-state index in [1.54, 1.807) is 5.06 Å². The summed E-state index contributed by atoms with van der Waals surface area (Å²) in [6.07, 6.45) is 2.87. The standard InChI is InChI=1S/C11H20N2O4/c1-10(2)6-5-7-11(3,4)13(10)17-9(14)8-12(15)16/h5-8H2,1-4H3. The predicted molar refractivity (Wildman–Crippen MR) is 61.8 cm³/mol. The molecule has 0 saturated carbocycles. The van der Waals surface area contributed by atoms with Gasteiger partial charge in [0.25, 0.3) is 0 Å². The molecule has 1 fully saturated rings. The zero-order chi connectivity index (χ0) is 13.3. The molecule has 0 amide bonds.